The molecule has 1 aliphatic rings. The normalized spacial score (nSPS) is 18.9. The lowest BCUT2D eigenvalue weighted by Crippen LogP contribution is -2.37. The monoisotopic (exact) mass is 356 g/mol. The summed E-state index contributed by atoms with van der Waals surface area (Å²) in [5.41, 5.74) is 7.19. The molecule has 0 radical (unpaired) electrons. The van der Waals surface area contributed by atoms with E-state index >= 15 is 0 Å². The van der Waals surface area contributed by atoms with Crippen LogP contribution in [0.5, 0.6) is 0 Å². The van der Waals surface area contributed by atoms with Crippen LogP contribution in [0.4, 0.5) is 0 Å². The standard InChI is InChI=1S/C20H28N4O2/c1-13(17(21)15-9-5-3-6-10-15)19(25)22-14(2)20-23-18(24-26-20)16-11-7-4-8-12-16/h3,5-6,9-10,13-14,16-17H,4,7-8,11-12,21H2,1-2H3,(H,22,25). The van der Waals surface area contributed by atoms with Gasteiger partial charge in [-0.05, 0) is 25.3 Å². The number of hydrogen-bond acceptors (Lipinski definition) is 5. The molecule has 0 spiro atoms. The lowest BCUT2D eigenvalue weighted by atomic mass is 9.89. The highest BCUT2D eigenvalue weighted by atomic mass is 16.5. The van der Waals surface area contributed by atoms with Gasteiger partial charge in [-0.25, -0.2) is 0 Å². The highest BCUT2D eigenvalue weighted by molar-refractivity contribution is 5.79. The molecule has 6 nitrogen and oxygen atoms in total. The third-order valence-electron chi connectivity index (χ3n) is 5.29. The van der Waals surface area contributed by atoms with Crippen molar-refractivity contribution in [2.75, 3.05) is 0 Å². The number of nitrogens with two attached hydrogens (primary N) is 1. The molecule has 1 aromatic heterocycles. The summed E-state index contributed by atoms with van der Waals surface area (Å²) in [6.45, 7) is 3.69. The van der Waals surface area contributed by atoms with Crippen molar-refractivity contribution < 1.29 is 9.32 Å². The quantitative estimate of drug-likeness (QED) is 0.824. The summed E-state index contributed by atoms with van der Waals surface area (Å²) in [5.74, 6) is 1.13. The molecule has 1 saturated carbocycles. The third kappa shape index (κ3) is 4.30. The molecule has 3 rings (SSSR count). The highest BCUT2D eigenvalue weighted by Gasteiger charge is 2.26. The van der Waals surface area contributed by atoms with E-state index in [1.807, 2.05) is 44.2 Å². The van der Waals surface area contributed by atoms with Crippen molar-refractivity contribution in [3.8, 4) is 0 Å². The van der Waals surface area contributed by atoms with Crippen molar-refractivity contribution in [3.63, 3.8) is 0 Å². The number of carbonyl (C=O) groups is 1. The molecule has 0 saturated heterocycles. The summed E-state index contributed by atoms with van der Waals surface area (Å²) in [6, 6.07) is 8.96. The van der Waals surface area contributed by atoms with Gasteiger partial charge >= 0.3 is 0 Å². The third-order valence-corrected chi connectivity index (χ3v) is 5.29. The second kappa shape index (κ2) is 8.45. The summed E-state index contributed by atoms with van der Waals surface area (Å²) in [4.78, 5) is 17.1. The van der Waals surface area contributed by atoms with E-state index in [9.17, 15) is 4.79 Å². The Morgan fingerprint density at radius 3 is 2.58 bits per heavy atom. The minimum absolute atomic E-state index is 0.119. The Kier molecular flexibility index (Phi) is 6.04. The summed E-state index contributed by atoms with van der Waals surface area (Å²) < 4.78 is 5.40. The molecular weight excluding hydrogens is 328 g/mol. The predicted octanol–water partition coefficient (Wildman–Crippen LogP) is 3.63. The fourth-order valence-electron chi connectivity index (χ4n) is 3.48. The van der Waals surface area contributed by atoms with Crippen LogP contribution < -0.4 is 11.1 Å². The molecule has 0 aliphatic heterocycles. The van der Waals surface area contributed by atoms with Crippen LogP contribution in [-0.4, -0.2) is 16.0 Å². The molecule has 2 aromatic rings. The lowest BCUT2D eigenvalue weighted by Gasteiger charge is -2.21. The molecule has 1 heterocycles. The van der Waals surface area contributed by atoms with Gasteiger partial charge in [-0.1, -0.05) is 61.7 Å². The van der Waals surface area contributed by atoms with Gasteiger partial charge in [-0.15, -0.1) is 0 Å². The van der Waals surface area contributed by atoms with Gasteiger partial charge in [0.15, 0.2) is 5.82 Å². The lowest BCUT2D eigenvalue weighted by molar-refractivity contribution is -0.126. The summed E-state index contributed by atoms with van der Waals surface area (Å²) in [7, 11) is 0. The van der Waals surface area contributed by atoms with Gasteiger partial charge in [0.2, 0.25) is 11.8 Å². The van der Waals surface area contributed by atoms with Gasteiger partial charge in [0, 0.05) is 12.0 Å². The van der Waals surface area contributed by atoms with E-state index in [0.29, 0.717) is 11.8 Å². The fraction of sp³-hybridized carbons (Fsp3) is 0.550. The first-order chi connectivity index (χ1) is 12.6. The number of amides is 1. The SMILES string of the molecule is CC(NC(=O)C(C)C(N)c1ccccc1)c1nc(C2CCCCC2)no1. The average Bonchev–Trinajstić information content (AvgIpc) is 3.18. The topological polar surface area (TPSA) is 94.0 Å². The van der Waals surface area contributed by atoms with Crippen molar-refractivity contribution in [1.29, 1.82) is 0 Å². The summed E-state index contributed by atoms with van der Waals surface area (Å²) >= 11 is 0. The second-order valence-corrected chi connectivity index (χ2v) is 7.28. The molecule has 3 unspecified atom stereocenters. The van der Waals surface area contributed by atoms with Crippen molar-refractivity contribution in [2.24, 2.45) is 11.7 Å². The molecule has 1 amide bonds. The van der Waals surface area contributed by atoms with Crippen molar-refractivity contribution in [2.45, 2.75) is 64.0 Å². The molecule has 1 fully saturated rings. The average molecular weight is 356 g/mol. The Labute approximate surface area is 154 Å². The highest BCUT2D eigenvalue weighted by Crippen LogP contribution is 2.31. The maximum atomic E-state index is 12.6. The summed E-state index contributed by atoms with van der Waals surface area (Å²) in [5, 5.41) is 7.08. The zero-order valence-electron chi connectivity index (χ0n) is 15.5. The zero-order chi connectivity index (χ0) is 18.5. The fourth-order valence-corrected chi connectivity index (χ4v) is 3.48. The van der Waals surface area contributed by atoms with Crippen molar-refractivity contribution >= 4 is 5.91 Å². The molecule has 1 aliphatic carbocycles. The number of benzene rings is 1. The molecule has 26 heavy (non-hydrogen) atoms. The number of aromatic nitrogens is 2. The van der Waals surface area contributed by atoms with Crippen LogP contribution in [0, 0.1) is 5.92 Å². The number of nitrogens with one attached hydrogen (secondary N) is 1. The maximum absolute atomic E-state index is 12.6. The number of nitrogens with zero attached hydrogens (tertiary/aromatic N) is 2. The molecule has 140 valence electrons. The van der Waals surface area contributed by atoms with Crippen LogP contribution in [-0.2, 0) is 4.79 Å². The Morgan fingerprint density at radius 2 is 1.88 bits per heavy atom. The van der Waals surface area contributed by atoms with Crippen LogP contribution in [0.2, 0.25) is 0 Å². The van der Waals surface area contributed by atoms with Crippen LogP contribution in [0.25, 0.3) is 0 Å². The van der Waals surface area contributed by atoms with E-state index in [1.54, 1.807) is 0 Å². The van der Waals surface area contributed by atoms with Crippen molar-refractivity contribution in [3.05, 3.63) is 47.6 Å². The molecule has 3 N–H and O–H groups in total. The minimum Gasteiger partial charge on any atom is -0.344 e. The van der Waals surface area contributed by atoms with Crippen LogP contribution in [0.3, 0.4) is 0 Å². The Bertz CT molecular complexity index is 710. The Morgan fingerprint density at radius 1 is 1.19 bits per heavy atom. The second-order valence-electron chi connectivity index (χ2n) is 7.28. The summed E-state index contributed by atoms with van der Waals surface area (Å²) in [6.07, 6.45) is 5.95. The maximum Gasteiger partial charge on any atom is 0.248 e. The van der Waals surface area contributed by atoms with Gasteiger partial charge in [0.25, 0.3) is 0 Å². The largest absolute Gasteiger partial charge is 0.344 e. The first-order valence-electron chi connectivity index (χ1n) is 9.50. The van der Waals surface area contributed by atoms with Gasteiger partial charge in [0.1, 0.15) is 6.04 Å². The van der Waals surface area contributed by atoms with E-state index in [0.717, 1.165) is 24.2 Å². The van der Waals surface area contributed by atoms with Gasteiger partial charge in [0.05, 0.1) is 5.92 Å². The molecule has 0 bridgehead atoms. The Balaban J connectivity index is 1.59. The van der Waals surface area contributed by atoms with Crippen LogP contribution in [0.15, 0.2) is 34.9 Å². The van der Waals surface area contributed by atoms with Gasteiger partial charge in [-0.3, -0.25) is 4.79 Å². The minimum atomic E-state index is -0.361. The van der Waals surface area contributed by atoms with E-state index in [1.165, 1.54) is 19.3 Å². The van der Waals surface area contributed by atoms with Gasteiger partial charge in [-0.2, -0.15) is 4.98 Å². The zero-order valence-corrected chi connectivity index (χ0v) is 15.5. The molecule has 3 atom stereocenters. The Hall–Kier alpha value is -2.21. The van der Waals surface area contributed by atoms with Crippen molar-refractivity contribution in [1.82, 2.24) is 15.5 Å². The first kappa shape index (κ1) is 18.6. The van der Waals surface area contributed by atoms with Crippen LogP contribution >= 0.6 is 0 Å². The molecule has 6 heteroatoms. The van der Waals surface area contributed by atoms with E-state index in [-0.39, 0.29) is 23.9 Å². The number of rotatable bonds is 6. The smallest absolute Gasteiger partial charge is 0.248 e. The molecular formula is C20H28N4O2. The first-order valence-corrected chi connectivity index (χ1v) is 9.50. The predicted molar refractivity (Wildman–Crippen MR) is 99.2 cm³/mol. The van der Waals surface area contributed by atoms with Gasteiger partial charge < -0.3 is 15.6 Å². The van der Waals surface area contributed by atoms with E-state index in [4.69, 9.17) is 10.3 Å². The van der Waals surface area contributed by atoms with E-state index in [2.05, 4.69) is 15.5 Å². The van der Waals surface area contributed by atoms with E-state index < -0.39 is 0 Å². The number of carbonyl (C=O) groups excluding carboxylic acids is 1. The molecule has 1 aromatic carbocycles. The number of hydrogen-bond donors (Lipinski definition) is 2. The van der Waals surface area contributed by atoms with Crippen LogP contribution in [0.1, 0.15) is 81.2 Å².